The van der Waals surface area contributed by atoms with Crippen LogP contribution in [0.1, 0.15) is 36.2 Å². The maximum Gasteiger partial charge on any atom is 0.200 e. The molecule has 3 aliphatic heterocycles. The summed E-state index contributed by atoms with van der Waals surface area (Å²) in [6.45, 7) is 3.85. The lowest BCUT2D eigenvalue weighted by molar-refractivity contribution is 0.0427. The molecule has 0 aromatic carbocycles. The van der Waals surface area contributed by atoms with E-state index in [-0.39, 0.29) is 24.0 Å². The van der Waals surface area contributed by atoms with Gasteiger partial charge in [-0.25, -0.2) is 0 Å². The van der Waals surface area contributed by atoms with Crippen molar-refractivity contribution in [2.24, 2.45) is 4.99 Å². The molecule has 0 radical (unpaired) electrons. The lowest BCUT2D eigenvalue weighted by Gasteiger charge is -2.11. The van der Waals surface area contributed by atoms with E-state index in [4.69, 9.17) is 18.9 Å². The molecule has 8 nitrogen and oxygen atoms in total. The number of fused-ring (bicyclic) bond motifs is 5. The lowest BCUT2D eigenvalue weighted by Crippen LogP contribution is -2.11. The third kappa shape index (κ3) is 3.32. The normalized spacial score (nSPS) is 22.7. The fraction of sp³-hybridized carbons (Fsp3) is 0.611. The number of aromatic nitrogens is 1. The zero-order valence-corrected chi connectivity index (χ0v) is 14.6. The van der Waals surface area contributed by atoms with Crippen molar-refractivity contribution >= 4 is 5.90 Å². The van der Waals surface area contributed by atoms with E-state index in [2.05, 4.69) is 4.99 Å². The van der Waals surface area contributed by atoms with Crippen LogP contribution in [-0.4, -0.2) is 60.3 Å². The van der Waals surface area contributed by atoms with Gasteiger partial charge in [-0.15, -0.1) is 0 Å². The molecule has 0 saturated carbocycles. The highest BCUT2D eigenvalue weighted by molar-refractivity contribution is 5.77. The van der Waals surface area contributed by atoms with Gasteiger partial charge >= 0.3 is 0 Å². The van der Waals surface area contributed by atoms with E-state index in [1.54, 1.807) is 0 Å². The maximum absolute atomic E-state index is 10.3. The zero-order chi connectivity index (χ0) is 17.9. The Balaban J connectivity index is 1.12. The highest BCUT2D eigenvalue weighted by atomic mass is 16.5. The molecule has 4 rings (SSSR count). The molecular weight excluding hydrogens is 340 g/mol. The Bertz CT molecular complexity index is 676. The average Bonchev–Trinajstić information content (AvgIpc) is 3.41. The van der Waals surface area contributed by atoms with Crippen LogP contribution in [0, 0.1) is 0 Å². The van der Waals surface area contributed by atoms with Crippen molar-refractivity contribution in [1.29, 1.82) is 0 Å². The van der Waals surface area contributed by atoms with E-state index in [9.17, 15) is 10.2 Å². The highest BCUT2D eigenvalue weighted by Crippen LogP contribution is 2.54. The largest absolute Gasteiger partial charge is 0.494 e. The van der Waals surface area contributed by atoms with Gasteiger partial charge in [0.05, 0.1) is 44.0 Å². The summed E-state index contributed by atoms with van der Waals surface area (Å²) in [6.07, 6.45) is 4.99. The van der Waals surface area contributed by atoms with Crippen molar-refractivity contribution < 1.29 is 29.2 Å². The Kier molecular flexibility index (Phi) is 5.14. The molecule has 0 saturated heterocycles. The van der Waals surface area contributed by atoms with Crippen LogP contribution in [-0.2, 0) is 25.5 Å². The average molecular weight is 364 g/mol. The van der Waals surface area contributed by atoms with Gasteiger partial charge in [-0.1, -0.05) is 12.2 Å². The summed E-state index contributed by atoms with van der Waals surface area (Å²) in [4.78, 5) is 4.23. The number of rotatable bonds is 10. The van der Waals surface area contributed by atoms with Crippen LogP contribution in [0.25, 0.3) is 0 Å². The fourth-order valence-corrected chi connectivity index (χ4v) is 3.52. The monoisotopic (exact) mass is 364 g/mol. The first-order valence-corrected chi connectivity index (χ1v) is 9.05. The smallest absolute Gasteiger partial charge is 0.200 e. The second kappa shape index (κ2) is 7.69. The van der Waals surface area contributed by atoms with Crippen molar-refractivity contribution in [3.05, 3.63) is 23.3 Å². The third-order valence-electron chi connectivity index (χ3n) is 4.76. The molecule has 1 aromatic heterocycles. The number of aromatic hydroxyl groups is 2. The minimum Gasteiger partial charge on any atom is -0.494 e. The summed E-state index contributed by atoms with van der Waals surface area (Å²) in [5.41, 5.74) is 1.35. The van der Waals surface area contributed by atoms with Crippen molar-refractivity contribution in [3.8, 4) is 11.8 Å². The molecule has 0 spiro atoms. The molecule has 1 aromatic rings. The zero-order valence-electron chi connectivity index (χ0n) is 14.6. The number of nitrogens with zero attached hydrogens (tertiary/aromatic N) is 2. The molecule has 26 heavy (non-hydrogen) atoms. The van der Waals surface area contributed by atoms with Gasteiger partial charge in [0.2, 0.25) is 11.8 Å². The van der Waals surface area contributed by atoms with Crippen molar-refractivity contribution in [1.82, 2.24) is 4.57 Å². The predicted octanol–water partition coefficient (Wildman–Crippen LogP) is 1.82. The molecule has 4 heterocycles. The van der Waals surface area contributed by atoms with Gasteiger partial charge in [0, 0.05) is 13.0 Å². The summed E-state index contributed by atoms with van der Waals surface area (Å²) in [6, 6.07) is 0. The number of aliphatic imine (C=N–C) groups is 1. The summed E-state index contributed by atoms with van der Waals surface area (Å²) >= 11 is 0. The second-order valence-corrected chi connectivity index (χ2v) is 6.44. The van der Waals surface area contributed by atoms with E-state index in [1.807, 2.05) is 12.2 Å². The lowest BCUT2D eigenvalue weighted by atomic mass is 10.0. The van der Waals surface area contributed by atoms with Gasteiger partial charge in [0.25, 0.3) is 0 Å². The van der Waals surface area contributed by atoms with Crippen LogP contribution in [0.5, 0.6) is 11.8 Å². The fourth-order valence-electron chi connectivity index (χ4n) is 3.52. The van der Waals surface area contributed by atoms with Gasteiger partial charge in [-0.2, -0.15) is 0 Å². The molecule has 2 bridgehead atoms. The molecular formula is C18H24N2O6. The van der Waals surface area contributed by atoms with Crippen LogP contribution in [0.3, 0.4) is 0 Å². The van der Waals surface area contributed by atoms with Crippen LogP contribution >= 0.6 is 0 Å². The summed E-state index contributed by atoms with van der Waals surface area (Å²) in [7, 11) is 0. The molecule has 142 valence electrons. The number of ether oxygens (including phenoxy) is 4. The quantitative estimate of drug-likeness (QED) is 0.486. The Morgan fingerprint density at radius 1 is 1.04 bits per heavy atom. The molecule has 3 aliphatic rings. The predicted molar refractivity (Wildman–Crippen MR) is 92.6 cm³/mol. The molecule has 2 atom stereocenters. The highest BCUT2D eigenvalue weighted by Gasteiger charge is 2.42. The Morgan fingerprint density at radius 2 is 1.73 bits per heavy atom. The van der Waals surface area contributed by atoms with Gasteiger partial charge in [0.15, 0.2) is 5.90 Å². The topological polar surface area (TPSA) is 94.7 Å². The van der Waals surface area contributed by atoms with Crippen molar-refractivity contribution in [3.63, 3.8) is 0 Å². The molecule has 8 heteroatoms. The second-order valence-electron chi connectivity index (χ2n) is 6.44. The van der Waals surface area contributed by atoms with Crippen LogP contribution < -0.4 is 0 Å². The minimum atomic E-state index is -0.253. The number of hydrogen-bond acceptors (Lipinski definition) is 7. The SMILES string of the molecule is Oc1c2c(c(O)n1CCOCCOCCCC1=NCCO1)C1C=CC2O1. The van der Waals surface area contributed by atoms with Gasteiger partial charge in [-0.3, -0.25) is 9.56 Å². The molecule has 0 aliphatic carbocycles. The molecule has 0 amide bonds. The first-order chi connectivity index (χ1) is 12.8. The maximum atomic E-state index is 10.3. The summed E-state index contributed by atoms with van der Waals surface area (Å²) in [5.74, 6) is 0.953. The molecule has 0 fully saturated rings. The van der Waals surface area contributed by atoms with Crippen molar-refractivity contribution in [2.45, 2.75) is 31.6 Å². The van der Waals surface area contributed by atoms with E-state index in [0.29, 0.717) is 50.7 Å². The van der Waals surface area contributed by atoms with Gasteiger partial charge in [0.1, 0.15) is 18.8 Å². The van der Waals surface area contributed by atoms with Crippen molar-refractivity contribution in [2.75, 3.05) is 39.6 Å². The minimum absolute atomic E-state index is 0.0613. The summed E-state index contributed by atoms with van der Waals surface area (Å²) < 4.78 is 23.5. The Hall–Kier alpha value is -2.03. The molecule has 2 N–H and O–H groups in total. The molecule has 2 unspecified atom stereocenters. The van der Waals surface area contributed by atoms with E-state index in [0.717, 1.165) is 25.3 Å². The first kappa shape index (κ1) is 17.4. The van der Waals surface area contributed by atoms with E-state index >= 15 is 0 Å². The van der Waals surface area contributed by atoms with E-state index in [1.165, 1.54) is 4.57 Å². The van der Waals surface area contributed by atoms with Crippen LogP contribution in [0.4, 0.5) is 0 Å². The van der Waals surface area contributed by atoms with Gasteiger partial charge < -0.3 is 29.2 Å². The van der Waals surface area contributed by atoms with Crippen LogP contribution in [0.15, 0.2) is 17.1 Å². The Labute approximate surface area is 151 Å². The first-order valence-electron chi connectivity index (χ1n) is 9.05. The van der Waals surface area contributed by atoms with E-state index < -0.39 is 0 Å². The van der Waals surface area contributed by atoms with Crippen LogP contribution in [0.2, 0.25) is 0 Å². The van der Waals surface area contributed by atoms with Gasteiger partial charge in [-0.05, 0) is 6.42 Å². The standard InChI is InChI=1S/C18H24N2O6/c21-17-15-12-3-4-13(26-12)16(15)18(22)20(17)6-9-24-11-10-23-7-1-2-14-19-5-8-25-14/h3-4,12-13,21-22H,1-2,5-11H2. The summed E-state index contributed by atoms with van der Waals surface area (Å²) in [5, 5.41) is 20.7. The Morgan fingerprint density at radius 3 is 2.38 bits per heavy atom. The third-order valence-corrected chi connectivity index (χ3v) is 4.76. The number of hydrogen-bond donors (Lipinski definition) is 2.